The van der Waals surface area contributed by atoms with E-state index < -0.39 is 18.2 Å². The standard InChI is InChI=1S/C60H113NO5/c1-4-7-10-13-16-19-22-25-28-31-34-37-40-43-46-49-52-58(63)57(55-62)61-59(64)54-56(51-48-45-42-39-36-33-30-27-24-21-18-15-12-9-6-3)66-60(65)53-50-47-44-41-38-35-32-29-26-23-20-17-14-11-8-5-2/h8,11,17,20,26,29,56-58,62-63H,4-7,9-10,12-16,18-19,21-25,27-28,30-55H2,1-3H3,(H,61,64)/b11-8+,20-17+,29-26+. The van der Waals surface area contributed by atoms with Crippen molar-refractivity contribution >= 4 is 11.9 Å². The lowest BCUT2D eigenvalue weighted by atomic mass is 10.0. The van der Waals surface area contributed by atoms with Crippen molar-refractivity contribution in [2.24, 2.45) is 0 Å². The summed E-state index contributed by atoms with van der Waals surface area (Å²) in [5.41, 5.74) is 0. The van der Waals surface area contributed by atoms with E-state index in [0.717, 1.165) is 70.6 Å². The molecule has 0 spiro atoms. The van der Waals surface area contributed by atoms with E-state index in [1.54, 1.807) is 0 Å². The molecule has 3 N–H and O–H groups in total. The van der Waals surface area contributed by atoms with E-state index in [2.05, 4.69) is 62.5 Å². The second kappa shape index (κ2) is 54.0. The molecule has 0 rings (SSSR count). The third kappa shape index (κ3) is 48.5. The van der Waals surface area contributed by atoms with E-state index in [-0.39, 0.29) is 24.9 Å². The molecule has 3 atom stereocenters. The number of carbonyl (C=O) groups excluding carboxylic acids is 2. The predicted molar refractivity (Wildman–Crippen MR) is 287 cm³/mol. The zero-order valence-corrected chi connectivity index (χ0v) is 44.3. The average Bonchev–Trinajstić information content (AvgIpc) is 3.31. The lowest BCUT2D eigenvalue weighted by Gasteiger charge is -2.24. The van der Waals surface area contributed by atoms with Gasteiger partial charge in [-0.1, -0.05) is 276 Å². The molecular weight excluding hydrogens is 815 g/mol. The molecular formula is C60H113NO5. The molecule has 0 saturated heterocycles. The van der Waals surface area contributed by atoms with Gasteiger partial charge in [0.15, 0.2) is 0 Å². The molecule has 6 nitrogen and oxygen atoms in total. The van der Waals surface area contributed by atoms with Crippen LogP contribution in [0.5, 0.6) is 0 Å². The minimum absolute atomic E-state index is 0.0770. The number of carbonyl (C=O) groups is 2. The SMILES string of the molecule is CC/C=C/C/C=C/C/C=C/CCCCCCCCC(=O)OC(CCCCCCCCCCCCCCCCC)CC(=O)NC(CO)C(O)CCCCCCCCCCCCCCCCCC. The first-order chi connectivity index (χ1) is 32.5. The highest BCUT2D eigenvalue weighted by atomic mass is 16.5. The topological polar surface area (TPSA) is 95.9 Å². The molecule has 0 radical (unpaired) electrons. The van der Waals surface area contributed by atoms with Crippen molar-refractivity contribution in [2.45, 2.75) is 328 Å². The van der Waals surface area contributed by atoms with E-state index in [0.29, 0.717) is 19.3 Å². The van der Waals surface area contributed by atoms with E-state index in [4.69, 9.17) is 4.74 Å². The van der Waals surface area contributed by atoms with E-state index in [1.807, 2.05) is 0 Å². The summed E-state index contributed by atoms with van der Waals surface area (Å²) < 4.78 is 5.96. The van der Waals surface area contributed by atoms with Gasteiger partial charge >= 0.3 is 5.97 Å². The van der Waals surface area contributed by atoms with Crippen molar-refractivity contribution in [3.8, 4) is 0 Å². The largest absolute Gasteiger partial charge is 0.462 e. The molecule has 0 aromatic carbocycles. The lowest BCUT2D eigenvalue weighted by molar-refractivity contribution is -0.151. The molecule has 0 aliphatic rings. The van der Waals surface area contributed by atoms with Crippen LogP contribution in [0.25, 0.3) is 0 Å². The number of hydrogen-bond donors (Lipinski definition) is 3. The highest BCUT2D eigenvalue weighted by Gasteiger charge is 2.24. The van der Waals surface area contributed by atoms with Crippen molar-refractivity contribution in [2.75, 3.05) is 6.61 Å². The smallest absolute Gasteiger partial charge is 0.306 e. The van der Waals surface area contributed by atoms with Gasteiger partial charge in [-0.25, -0.2) is 0 Å². The third-order valence-electron chi connectivity index (χ3n) is 13.5. The summed E-state index contributed by atoms with van der Waals surface area (Å²) in [6, 6.07) is -0.702. The maximum Gasteiger partial charge on any atom is 0.306 e. The van der Waals surface area contributed by atoms with Gasteiger partial charge in [-0.3, -0.25) is 9.59 Å². The number of ether oxygens (including phenoxy) is 1. The van der Waals surface area contributed by atoms with Crippen LogP contribution in [0.1, 0.15) is 310 Å². The molecule has 0 bridgehead atoms. The van der Waals surface area contributed by atoms with Crippen molar-refractivity contribution < 1.29 is 24.5 Å². The summed E-state index contributed by atoms with van der Waals surface area (Å²) in [5.74, 6) is -0.471. The molecule has 66 heavy (non-hydrogen) atoms. The van der Waals surface area contributed by atoms with Crippen LogP contribution in [0.3, 0.4) is 0 Å². The van der Waals surface area contributed by atoms with Gasteiger partial charge < -0.3 is 20.3 Å². The molecule has 0 heterocycles. The van der Waals surface area contributed by atoms with Crippen LogP contribution < -0.4 is 5.32 Å². The first kappa shape index (κ1) is 64.1. The van der Waals surface area contributed by atoms with Gasteiger partial charge in [0.05, 0.1) is 25.2 Å². The number of nitrogens with one attached hydrogen (secondary N) is 1. The lowest BCUT2D eigenvalue weighted by Crippen LogP contribution is -2.46. The van der Waals surface area contributed by atoms with E-state index in [9.17, 15) is 19.8 Å². The Morgan fingerprint density at radius 1 is 0.455 bits per heavy atom. The fourth-order valence-electron chi connectivity index (χ4n) is 9.09. The number of allylic oxidation sites excluding steroid dienone is 6. The first-order valence-electron chi connectivity index (χ1n) is 29.2. The van der Waals surface area contributed by atoms with Gasteiger partial charge in [-0.2, -0.15) is 0 Å². The summed E-state index contributed by atoms with van der Waals surface area (Å²) in [6.07, 6.45) is 64.9. The molecule has 0 saturated carbocycles. The number of aliphatic hydroxyl groups is 2. The monoisotopic (exact) mass is 928 g/mol. The Labute approximate surface area is 411 Å². The Bertz CT molecular complexity index is 1090. The maximum absolute atomic E-state index is 13.3. The molecule has 0 aromatic heterocycles. The normalized spacial score (nSPS) is 13.3. The summed E-state index contributed by atoms with van der Waals surface area (Å²) in [5, 5.41) is 23.9. The Morgan fingerprint density at radius 2 is 0.818 bits per heavy atom. The second-order valence-corrected chi connectivity index (χ2v) is 20.0. The minimum Gasteiger partial charge on any atom is -0.462 e. The van der Waals surface area contributed by atoms with E-state index in [1.165, 1.54) is 193 Å². The van der Waals surface area contributed by atoms with Gasteiger partial charge in [0.1, 0.15) is 6.10 Å². The predicted octanol–water partition coefficient (Wildman–Crippen LogP) is 18.0. The van der Waals surface area contributed by atoms with Crippen molar-refractivity contribution in [3.63, 3.8) is 0 Å². The van der Waals surface area contributed by atoms with Crippen LogP contribution in [0, 0.1) is 0 Å². The second-order valence-electron chi connectivity index (χ2n) is 20.0. The van der Waals surface area contributed by atoms with Crippen molar-refractivity contribution in [1.82, 2.24) is 5.32 Å². The molecule has 388 valence electrons. The quantitative estimate of drug-likeness (QED) is 0.0321. The zero-order valence-electron chi connectivity index (χ0n) is 44.3. The van der Waals surface area contributed by atoms with Crippen LogP contribution in [0.15, 0.2) is 36.5 Å². The van der Waals surface area contributed by atoms with Crippen LogP contribution in [-0.4, -0.2) is 46.9 Å². The molecule has 1 amide bonds. The molecule has 0 aromatic rings. The number of esters is 1. The van der Waals surface area contributed by atoms with Gasteiger partial charge in [0.25, 0.3) is 0 Å². The number of amides is 1. The fourth-order valence-corrected chi connectivity index (χ4v) is 9.09. The number of aliphatic hydroxyl groups excluding tert-OH is 2. The molecule has 3 unspecified atom stereocenters. The minimum atomic E-state index is -0.788. The highest BCUT2D eigenvalue weighted by molar-refractivity contribution is 5.77. The van der Waals surface area contributed by atoms with Gasteiger partial charge in [-0.15, -0.1) is 0 Å². The van der Waals surface area contributed by atoms with Crippen LogP contribution in [0.2, 0.25) is 0 Å². The third-order valence-corrected chi connectivity index (χ3v) is 13.5. The number of unbranched alkanes of at least 4 members (excludes halogenated alkanes) is 35. The highest BCUT2D eigenvalue weighted by Crippen LogP contribution is 2.19. The van der Waals surface area contributed by atoms with Crippen molar-refractivity contribution in [1.29, 1.82) is 0 Å². The fraction of sp³-hybridized carbons (Fsp3) is 0.867. The van der Waals surface area contributed by atoms with Crippen LogP contribution >= 0.6 is 0 Å². The van der Waals surface area contributed by atoms with Crippen LogP contribution in [-0.2, 0) is 14.3 Å². The van der Waals surface area contributed by atoms with Crippen molar-refractivity contribution in [3.05, 3.63) is 36.5 Å². The molecule has 0 fully saturated rings. The van der Waals surface area contributed by atoms with Gasteiger partial charge in [-0.05, 0) is 57.8 Å². The van der Waals surface area contributed by atoms with Crippen LogP contribution in [0.4, 0.5) is 0 Å². The van der Waals surface area contributed by atoms with Gasteiger partial charge in [0, 0.05) is 6.42 Å². The average molecular weight is 929 g/mol. The molecule has 6 heteroatoms. The Balaban J connectivity index is 4.53. The van der Waals surface area contributed by atoms with Gasteiger partial charge in [0.2, 0.25) is 5.91 Å². The summed E-state index contributed by atoms with van der Waals surface area (Å²) in [4.78, 5) is 26.3. The Kier molecular flexibility index (Phi) is 52.5. The number of rotatable bonds is 53. The summed E-state index contributed by atoms with van der Waals surface area (Å²) in [6.45, 7) is 6.41. The first-order valence-corrected chi connectivity index (χ1v) is 29.2. The summed E-state index contributed by atoms with van der Waals surface area (Å²) >= 11 is 0. The Morgan fingerprint density at radius 3 is 1.24 bits per heavy atom. The molecule has 0 aliphatic carbocycles. The Hall–Kier alpha value is -1.92. The van der Waals surface area contributed by atoms with E-state index >= 15 is 0 Å². The maximum atomic E-state index is 13.3. The molecule has 0 aliphatic heterocycles. The zero-order chi connectivity index (χ0) is 48.1. The number of hydrogen-bond acceptors (Lipinski definition) is 5. The summed E-state index contributed by atoms with van der Waals surface area (Å²) in [7, 11) is 0.